The summed E-state index contributed by atoms with van der Waals surface area (Å²) in [6.45, 7) is 1.52. The van der Waals surface area contributed by atoms with E-state index < -0.39 is 0 Å². The fourth-order valence-corrected chi connectivity index (χ4v) is 3.42. The first kappa shape index (κ1) is 13.5. The molecule has 0 saturated heterocycles. The van der Waals surface area contributed by atoms with Gasteiger partial charge in [-0.25, -0.2) is 0 Å². The SMILES string of the molecule is O=C1CCCc2c(cccc2-c2ccc3c(c2)COCC3)N1. The third-order valence-electron chi connectivity index (χ3n) is 4.57. The minimum atomic E-state index is 0.120. The number of hydrogen-bond donors (Lipinski definition) is 1. The molecule has 1 N–H and O–H groups in total. The third kappa shape index (κ3) is 2.42. The van der Waals surface area contributed by atoms with Gasteiger partial charge in [0.1, 0.15) is 0 Å². The molecule has 0 unspecified atom stereocenters. The van der Waals surface area contributed by atoms with E-state index in [4.69, 9.17) is 4.74 Å². The van der Waals surface area contributed by atoms with Crippen LogP contribution in [0.1, 0.15) is 29.5 Å². The van der Waals surface area contributed by atoms with Crippen molar-refractivity contribution in [3.05, 3.63) is 53.1 Å². The summed E-state index contributed by atoms with van der Waals surface area (Å²) >= 11 is 0. The van der Waals surface area contributed by atoms with Crippen molar-refractivity contribution in [3.8, 4) is 11.1 Å². The lowest BCUT2D eigenvalue weighted by Gasteiger charge is -2.19. The molecule has 2 heterocycles. The molecule has 0 radical (unpaired) electrons. The zero-order valence-corrected chi connectivity index (χ0v) is 12.5. The van der Waals surface area contributed by atoms with Gasteiger partial charge in [0.15, 0.2) is 0 Å². The molecule has 2 aromatic rings. The molecule has 3 heteroatoms. The van der Waals surface area contributed by atoms with Crippen molar-refractivity contribution in [2.24, 2.45) is 0 Å². The predicted molar refractivity (Wildman–Crippen MR) is 86.8 cm³/mol. The molecule has 0 spiro atoms. The number of rotatable bonds is 1. The molecule has 0 atom stereocenters. The third-order valence-corrected chi connectivity index (χ3v) is 4.57. The summed E-state index contributed by atoms with van der Waals surface area (Å²) in [5.74, 6) is 0.120. The number of benzene rings is 2. The van der Waals surface area contributed by atoms with Crippen molar-refractivity contribution < 1.29 is 9.53 Å². The van der Waals surface area contributed by atoms with E-state index >= 15 is 0 Å². The van der Waals surface area contributed by atoms with Crippen molar-refractivity contribution in [2.75, 3.05) is 11.9 Å². The largest absolute Gasteiger partial charge is 0.376 e. The molecule has 0 saturated carbocycles. The van der Waals surface area contributed by atoms with Gasteiger partial charge in [-0.15, -0.1) is 0 Å². The second-order valence-electron chi connectivity index (χ2n) is 6.02. The summed E-state index contributed by atoms with van der Waals surface area (Å²) in [6.07, 6.45) is 3.45. The number of fused-ring (bicyclic) bond motifs is 2. The average Bonchev–Trinajstić information content (AvgIpc) is 2.74. The van der Waals surface area contributed by atoms with Crippen LogP contribution in [-0.4, -0.2) is 12.5 Å². The Morgan fingerprint density at radius 2 is 1.95 bits per heavy atom. The topological polar surface area (TPSA) is 38.3 Å². The van der Waals surface area contributed by atoms with Gasteiger partial charge in [0, 0.05) is 12.1 Å². The Hall–Kier alpha value is -2.13. The molecule has 1 amide bonds. The van der Waals surface area contributed by atoms with Gasteiger partial charge >= 0.3 is 0 Å². The zero-order valence-electron chi connectivity index (χ0n) is 12.5. The highest BCUT2D eigenvalue weighted by atomic mass is 16.5. The predicted octanol–water partition coefficient (Wildman–Crippen LogP) is 3.70. The lowest BCUT2D eigenvalue weighted by atomic mass is 9.92. The molecule has 0 aromatic heterocycles. The molecular weight excluding hydrogens is 274 g/mol. The van der Waals surface area contributed by atoms with Crippen LogP contribution in [0.3, 0.4) is 0 Å². The molecular formula is C19H19NO2. The van der Waals surface area contributed by atoms with Crippen LogP contribution in [0.2, 0.25) is 0 Å². The Bertz CT molecular complexity index is 736. The van der Waals surface area contributed by atoms with Crippen LogP contribution in [-0.2, 0) is 29.0 Å². The van der Waals surface area contributed by atoms with Crippen LogP contribution in [0, 0.1) is 0 Å². The Kier molecular flexibility index (Phi) is 3.43. The lowest BCUT2D eigenvalue weighted by molar-refractivity contribution is -0.116. The highest BCUT2D eigenvalue weighted by molar-refractivity contribution is 5.94. The fourth-order valence-electron chi connectivity index (χ4n) is 3.42. The Morgan fingerprint density at radius 1 is 1.00 bits per heavy atom. The molecule has 2 aliphatic heterocycles. The summed E-state index contributed by atoms with van der Waals surface area (Å²) in [7, 11) is 0. The number of amides is 1. The van der Waals surface area contributed by atoms with Gasteiger partial charge in [0.2, 0.25) is 5.91 Å². The van der Waals surface area contributed by atoms with Crippen LogP contribution in [0.5, 0.6) is 0 Å². The van der Waals surface area contributed by atoms with E-state index in [1.54, 1.807) is 0 Å². The summed E-state index contributed by atoms with van der Waals surface area (Å²) in [6, 6.07) is 12.9. The van der Waals surface area contributed by atoms with E-state index in [9.17, 15) is 4.79 Å². The lowest BCUT2D eigenvalue weighted by Crippen LogP contribution is -2.10. The maximum atomic E-state index is 11.8. The van der Waals surface area contributed by atoms with Gasteiger partial charge in [-0.3, -0.25) is 4.79 Å². The van der Waals surface area contributed by atoms with E-state index in [1.807, 2.05) is 12.1 Å². The second-order valence-corrected chi connectivity index (χ2v) is 6.02. The molecule has 22 heavy (non-hydrogen) atoms. The highest BCUT2D eigenvalue weighted by Crippen LogP contribution is 2.34. The van der Waals surface area contributed by atoms with E-state index in [0.29, 0.717) is 13.0 Å². The molecule has 2 aromatic carbocycles. The second kappa shape index (κ2) is 5.58. The van der Waals surface area contributed by atoms with Crippen LogP contribution >= 0.6 is 0 Å². The van der Waals surface area contributed by atoms with E-state index in [1.165, 1.54) is 27.8 Å². The molecule has 112 valence electrons. The van der Waals surface area contributed by atoms with E-state index in [-0.39, 0.29) is 5.91 Å². The van der Waals surface area contributed by atoms with Crippen LogP contribution < -0.4 is 5.32 Å². The van der Waals surface area contributed by atoms with Gasteiger partial charge in [0.25, 0.3) is 0 Å². The normalized spacial score (nSPS) is 17.2. The van der Waals surface area contributed by atoms with E-state index in [0.717, 1.165) is 31.6 Å². The fraction of sp³-hybridized carbons (Fsp3) is 0.316. The number of hydrogen-bond acceptors (Lipinski definition) is 2. The zero-order chi connectivity index (χ0) is 14.9. The monoisotopic (exact) mass is 293 g/mol. The molecule has 0 bridgehead atoms. The van der Waals surface area contributed by atoms with Crippen molar-refractivity contribution in [2.45, 2.75) is 32.3 Å². The maximum absolute atomic E-state index is 11.8. The van der Waals surface area contributed by atoms with Crippen LogP contribution in [0.15, 0.2) is 36.4 Å². The minimum absolute atomic E-state index is 0.120. The van der Waals surface area contributed by atoms with Gasteiger partial charge in [-0.1, -0.05) is 24.3 Å². The number of anilines is 1. The van der Waals surface area contributed by atoms with Gasteiger partial charge in [-0.2, -0.15) is 0 Å². The van der Waals surface area contributed by atoms with Gasteiger partial charge in [0.05, 0.1) is 13.2 Å². The van der Waals surface area contributed by atoms with Crippen molar-refractivity contribution in [1.29, 1.82) is 0 Å². The van der Waals surface area contributed by atoms with Gasteiger partial charge < -0.3 is 10.1 Å². The molecule has 2 aliphatic rings. The first-order valence-electron chi connectivity index (χ1n) is 7.93. The Morgan fingerprint density at radius 3 is 2.91 bits per heavy atom. The summed E-state index contributed by atoms with van der Waals surface area (Å²) in [5.41, 5.74) is 7.36. The number of carbonyl (C=O) groups excluding carboxylic acids is 1. The molecule has 0 fully saturated rings. The first-order valence-corrected chi connectivity index (χ1v) is 7.93. The average molecular weight is 293 g/mol. The quantitative estimate of drug-likeness (QED) is 0.870. The minimum Gasteiger partial charge on any atom is -0.376 e. The van der Waals surface area contributed by atoms with Crippen molar-refractivity contribution in [3.63, 3.8) is 0 Å². The number of carbonyl (C=O) groups is 1. The molecule has 4 rings (SSSR count). The first-order chi connectivity index (χ1) is 10.8. The van der Waals surface area contributed by atoms with Crippen LogP contribution in [0.4, 0.5) is 5.69 Å². The number of ether oxygens (including phenoxy) is 1. The number of nitrogens with one attached hydrogen (secondary N) is 1. The maximum Gasteiger partial charge on any atom is 0.224 e. The standard InChI is InChI=1S/C19H19NO2/c21-19-6-2-4-17-16(3-1-5-18(17)20-19)14-8-7-13-9-10-22-12-15(13)11-14/h1,3,5,7-8,11H,2,4,6,9-10,12H2,(H,20,21). The summed E-state index contributed by atoms with van der Waals surface area (Å²) in [4.78, 5) is 11.8. The van der Waals surface area contributed by atoms with Crippen LogP contribution in [0.25, 0.3) is 11.1 Å². The summed E-state index contributed by atoms with van der Waals surface area (Å²) < 4.78 is 5.58. The van der Waals surface area contributed by atoms with Crippen molar-refractivity contribution >= 4 is 11.6 Å². The van der Waals surface area contributed by atoms with Crippen molar-refractivity contribution in [1.82, 2.24) is 0 Å². The molecule has 0 aliphatic carbocycles. The smallest absolute Gasteiger partial charge is 0.224 e. The Balaban J connectivity index is 1.80. The highest BCUT2D eigenvalue weighted by Gasteiger charge is 2.17. The van der Waals surface area contributed by atoms with E-state index in [2.05, 4.69) is 29.6 Å². The molecule has 3 nitrogen and oxygen atoms in total. The van der Waals surface area contributed by atoms with Gasteiger partial charge in [-0.05, 0) is 59.2 Å². The summed E-state index contributed by atoms with van der Waals surface area (Å²) in [5, 5.41) is 3.03. The Labute approximate surface area is 130 Å².